The summed E-state index contributed by atoms with van der Waals surface area (Å²) in [5.41, 5.74) is 0.639. The van der Waals surface area contributed by atoms with E-state index in [1.807, 2.05) is 0 Å². The van der Waals surface area contributed by atoms with E-state index in [9.17, 15) is 4.39 Å². The van der Waals surface area contributed by atoms with Crippen molar-refractivity contribution < 1.29 is 14.2 Å². The lowest BCUT2D eigenvalue weighted by Crippen LogP contribution is -2.45. The molecular formula is C16H21FN2O2. The van der Waals surface area contributed by atoms with E-state index >= 15 is 0 Å². The number of hydrogen-bond acceptors (Lipinski definition) is 4. The fraction of sp³-hybridized carbons (Fsp3) is 0.500. The molecule has 0 saturated carbocycles. The Morgan fingerprint density at radius 3 is 2.76 bits per heavy atom. The fourth-order valence-electron chi connectivity index (χ4n) is 2.19. The maximum absolute atomic E-state index is 13.7. The highest BCUT2D eigenvalue weighted by Gasteiger charge is 2.13. The first-order valence-electron chi connectivity index (χ1n) is 7.12. The van der Waals surface area contributed by atoms with Crippen molar-refractivity contribution in [2.24, 2.45) is 0 Å². The van der Waals surface area contributed by atoms with Gasteiger partial charge >= 0.3 is 0 Å². The zero-order valence-corrected chi connectivity index (χ0v) is 12.3. The van der Waals surface area contributed by atoms with Crippen LogP contribution in [0.2, 0.25) is 0 Å². The molecule has 1 fully saturated rings. The molecule has 0 spiro atoms. The van der Waals surface area contributed by atoms with E-state index < -0.39 is 0 Å². The van der Waals surface area contributed by atoms with Crippen molar-refractivity contribution in [3.8, 4) is 17.6 Å². The van der Waals surface area contributed by atoms with Crippen LogP contribution in [0.25, 0.3) is 0 Å². The van der Waals surface area contributed by atoms with Gasteiger partial charge < -0.3 is 14.7 Å². The van der Waals surface area contributed by atoms with Crippen LogP contribution in [-0.4, -0.2) is 67.9 Å². The van der Waals surface area contributed by atoms with Gasteiger partial charge in [-0.05, 0) is 25.2 Å². The van der Waals surface area contributed by atoms with Crippen LogP contribution in [0.5, 0.6) is 5.75 Å². The first-order chi connectivity index (χ1) is 10.2. The molecule has 0 unspecified atom stereocenters. The Morgan fingerprint density at radius 2 is 2.05 bits per heavy atom. The number of aliphatic hydroxyl groups is 1. The summed E-state index contributed by atoms with van der Waals surface area (Å²) in [4.78, 5) is 4.60. The molecule has 5 heteroatoms. The molecule has 0 aromatic heterocycles. The molecule has 1 N–H and O–H groups in total. The van der Waals surface area contributed by atoms with Crippen molar-refractivity contribution in [2.45, 2.75) is 0 Å². The van der Waals surface area contributed by atoms with Crippen LogP contribution < -0.4 is 4.74 Å². The van der Waals surface area contributed by atoms with E-state index in [2.05, 4.69) is 28.7 Å². The smallest absolute Gasteiger partial charge is 0.165 e. The van der Waals surface area contributed by atoms with Crippen molar-refractivity contribution in [1.29, 1.82) is 0 Å². The zero-order valence-electron chi connectivity index (χ0n) is 12.3. The number of rotatable bonds is 4. The Kier molecular flexibility index (Phi) is 6.00. The lowest BCUT2D eigenvalue weighted by Gasteiger charge is -2.32. The third kappa shape index (κ3) is 5.01. The van der Waals surface area contributed by atoms with Gasteiger partial charge in [-0.3, -0.25) is 4.90 Å². The van der Waals surface area contributed by atoms with Crippen molar-refractivity contribution in [3.05, 3.63) is 29.6 Å². The highest BCUT2D eigenvalue weighted by Crippen LogP contribution is 2.18. The van der Waals surface area contributed by atoms with Crippen molar-refractivity contribution >= 4 is 0 Å². The maximum atomic E-state index is 13.7. The molecule has 1 heterocycles. The lowest BCUT2D eigenvalue weighted by atomic mass is 10.2. The molecule has 1 aliphatic rings. The van der Waals surface area contributed by atoms with E-state index in [0.29, 0.717) is 12.2 Å². The summed E-state index contributed by atoms with van der Waals surface area (Å²) in [5, 5.41) is 8.67. The molecule has 2 rings (SSSR count). The minimum Gasteiger partial charge on any atom is -0.489 e. The molecule has 4 nitrogen and oxygen atoms in total. The van der Waals surface area contributed by atoms with E-state index in [1.54, 1.807) is 12.1 Å². The average Bonchev–Trinajstić information content (AvgIpc) is 2.50. The second-order valence-electron chi connectivity index (χ2n) is 5.10. The summed E-state index contributed by atoms with van der Waals surface area (Å²) < 4.78 is 19.2. The van der Waals surface area contributed by atoms with Crippen LogP contribution in [0, 0.1) is 17.7 Å². The van der Waals surface area contributed by atoms with Gasteiger partial charge in [0.2, 0.25) is 0 Å². The second-order valence-corrected chi connectivity index (χ2v) is 5.10. The van der Waals surface area contributed by atoms with Crippen molar-refractivity contribution in [2.75, 3.05) is 53.0 Å². The third-order valence-corrected chi connectivity index (χ3v) is 3.50. The van der Waals surface area contributed by atoms with Gasteiger partial charge in [0.25, 0.3) is 0 Å². The van der Waals surface area contributed by atoms with Gasteiger partial charge in [-0.15, -0.1) is 0 Å². The molecule has 1 saturated heterocycles. The minimum atomic E-state index is -0.386. The lowest BCUT2D eigenvalue weighted by molar-refractivity contribution is 0.132. The number of benzene rings is 1. The van der Waals surface area contributed by atoms with Crippen LogP contribution in [0.4, 0.5) is 4.39 Å². The maximum Gasteiger partial charge on any atom is 0.165 e. The summed E-state index contributed by atoms with van der Waals surface area (Å²) in [6.45, 7) is 5.18. The molecule has 0 amide bonds. The van der Waals surface area contributed by atoms with Crippen molar-refractivity contribution in [3.63, 3.8) is 0 Å². The predicted octanol–water partition coefficient (Wildman–Crippen LogP) is 0.796. The third-order valence-electron chi connectivity index (χ3n) is 3.50. The van der Waals surface area contributed by atoms with Crippen LogP contribution in [0.3, 0.4) is 0 Å². The number of ether oxygens (including phenoxy) is 1. The molecule has 21 heavy (non-hydrogen) atoms. The normalized spacial score (nSPS) is 16.3. The fourth-order valence-corrected chi connectivity index (χ4v) is 2.19. The largest absolute Gasteiger partial charge is 0.489 e. The van der Waals surface area contributed by atoms with E-state index in [-0.39, 0.29) is 18.2 Å². The molecular weight excluding hydrogens is 271 g/mol. The van der Waals surface area contributed by atoms with E-state index in [4.69, 9.17) is 9.84 Å². The van der Waals surface area contributed by atoms with E-state index in [0.717, 1.165) is 32.7 Å². The Labute approximate surface area is 125 Å². The van der Waals surface area contributed by atoms with Gasteiger partial charge in [-0.2, -0.15) is 0 Å². The molecule has 1 aliphatic heterocycles. The Morgan fingerprint density at radius 1 is 1.29 bits per heavy atom. The first kappa shape index (κ1) is 15.8. The average molecular weight is 292 g/mol. The van der Waals surface area contributed by atoms with Gasteiger partial charge in [-0.25, -0.2) is 4.39 Å². The van der Waals surface area contributed by atoms with Crippen LogP contribution in [-0.2, 0) is 0 Å². The number of hydrogen-bond donors (Lipinski definition) is 1. The molecule has 0 atom stereocenters. The number of aliphatic hydroxyl groups excluding tert-OH is 1. The summed E-state index contributed by atoms with van der Waals surface area (Å²) in [7, 11) is 2.11. The molecule has 0 bridgehead atoms. The first-order valence-corrected chi connectivity index (χ1v) is 7.12. The summed E-state index contributed by atoms with van der Waals surface area (Å²) >= 11 is 0. The number of piperazine rings is 1. The Balaban J connectivity index is 1.84. The molecule has 114 valence electrons. The number of nitrogens with zero attached hydrogens (tertiary/aromatic N) is 2. The van der Waals surface area contributed by atoms with Gasteiger partial charge in [0.05, 0.1) is 0 Å². The standard InChI is InChI=1S/C16H21FN2O2/c1-18-6-8-19(9-7-18)10-12-21-16-13-14(3-2-11-20)4-5-15(16)17/h4-5,13,20H,6-12H2,1H3. The van der Waals surface area contributed by atoms with E-state index in [1.165, 1.54) is 6.07 Å². The molecule has 1 aromatic carbocycles. The summed E-state index contributed by atoms with van der Waals surface area (Å²) in [6.07, 6.45) is 0. The zero-order chi connectivity index (χ0) is 15.1. The SMILES string of the molecule is CN1CCN(CCOc2cc(C#CCO)ccc2F)CC1. The van der Waals surface area contributed by atoms with Crippen LogP contribution >= 0.6 is 0 Å². The second kappa shape index (κ2) is 7.99. The molecule has 1 aromatic rings. The minimum absolute atomic E-state index is 0.211. The summed E-state index contributed by atoms with van der Waals surface area (Å²) in [5.74, 6) is 5.11. The monoisotopic (exact) mass is 292 g/mol. The predicted molar refractivity (Wildman–Crippen MR) is 79.8 cm³/mol. The van der Waals surface area contributed by atoms with Gasteiger partial charge in [0.15, 0.2) is 11.6 Å². The molecule has 0 aliphatic carbocycles. The summed E-state index contributed by atoms with van der Waals surface area (Å²) in [6, 6.07) is 4.49. The van der Waals surface area contributed by atoms with Gasteiger partial charge in [0.1, 0.15) is 13.2 Å². The highest BCUT2D eigenvalue weighted by molar-refractivity contribution is 5.40. The Hall–Kier alpha value is -1.61. The highest BCUT2D eigenvalue weighted by atomic mass is 19.1. The quantitative estimate of drug-likeness (QED) is 0.833. The van der Waals surface area contributed by atoms with Crippen molar-refractivity contribution in [1.82, 2.24) is 9.80 Å². The number of likely N-dealkylation sites (N-methyl/N-ethyl adjacent to an activating group) is 1. The number of halogens is 1. The topological polar surface area (TPSA) is 35.9 Å². The Bertz CT molecular complexity index is 517. The van der Waals surface area contributed by atoms with Gasteiger partial charge in [-0.1, -0.05) is 11.8 Å². The van der Waals surface area contributed by atoms with Gasteiger partial charge in [0, 0.05) is 38.3 Å². The van der Waals surface area contributed by atoms with Crippen LogP contribution in [0.1, 0.15) is 5.56 Å². The molecule has 0 radical (unpaired) electrons. The van der Waals surface area contributed by atoms with Crippen LogP contribution in [0.15, 0.2) is 18.2 Å².